The van der Waals surface area contributed by atoms with E-state index >= 15 is 0 Å². The van der Waals surface area contributed by atoms with Gasteiger partial charge in [-0.1, -0.05) is 28.1 Å². The van der Waals surface area contributed by atoms with Gasteiger partial charge in [0.2, 0.25) is 0 Å². The lowest BCUT2D eigenvalue weighted by molar-refractivity contribution is 0.177. The third-order valence-corrected chi connectivity index (χ3v) is 4.05. The summed E-state index contributed by atoms with van der Waals surface area (Å²) in [6.45, 7) is 3.73. The van der Waals surface area contributed by atoms with Crippen LogP contribution < -0.4 is 11.3 Å². The Morgan fingerprint density at radius 1 is 1.56 bits per heavy atom. The molecular formula is C12H17BrN2O. The Kier molecular flexibility index (Phi) is 3.97. The number of benzene rings is 1. The molecule has 88 valence electrons. The number of hydrazine groups is 1. The molecule has 16 heavy (non-hydrogen) atoms. The van der Waals surface area contributed by atoms with E-state index in [9.17, 15) is 0 Å². The van der Waals surface area contributed by atoms with E-state index in [0.717, 1.165) is 24.1 Å². The maximum Gasteiger partial charge on any atom is 0.0513 e. The van der Waals surface area contributed by atoms with Gasteiger partial charge in [0.25, 0.3) is 0 Å². The molecule has 1 fully saturated rings. The molecule has 3 N–H and O–H groups in total. The van der Waals surface area contributed by atoms with Gasteiger partial charge in [-0.25, -0.2) is 0 Å². The van der Waals surface area contributed by atoms with Crippen LogP contribution in [0.5, 0.6) is 0 Å². The lowest BCUT2D eigenvalue weighted by Crippen LogP contribution is -2.33. The van der Waals surface area contributed by atoms with Crippen LogP contribution >= 0.6 is 15.9 Å². The zero-order valence-corrected chi connectivity index (χ0v) is 11.0. The minimum absolute atomic E-state index is 0.189. The van der Waals surface area contributed by atoms with Crippen LogP contribution in [-0.4, -0.2) is 13.2 Å². The van der Waals surface area contributed by atoms with Gasteiger partial charge >= 0.3 is 0 Å². The van der Waals surface area contributed by atoms with E-state index in [2.05, 4.69) is 46.5 Å². The van der Waals surface area contributed by atoms with E-state index in [1.807, 2.05) is 0 Å². The van der Waals surface area contributed by atoms with Gasteiger partial charge in [0, 0.05) is 17.0 Å². The average molecular weight is 285 g/mol. The Labute approximate surface area is 104 Å². The van der Waals surface area contributed by atoms with Crippen molar-refractivity contribution in [1.29, 1.82) is 0 Å². The average Bonchev–Trinajstić information content (AvgIpc) is 2.78. The van der Waals surface area contributed by atoms with Gasteiger partial charge in [0.15, 0.2) is 0 Å². The van der Waals surface area contributed by atoms with Crippen LogP contribution in [0, 0.1) is 12.8 Å². The monoisotopic (exact) mass is 284 g/mol. The maximum absolute atomic E-state index is 5.66. The standard InChI is InChI=1S/C12H17BrN2O/c1-8-6-9(2-3-11(8)13)12(15-14)10-4-5-16-7-10/h2-3,6,10,12,15H,4-5,7,14H2,1H3. The molecular weight excluding hydrogens is 268 g/mol. The lowest BCUT2D eigenvalue weighted by atomic mass is 9.92. The van der Waals surface area contributed by atoms with Crippen LogP contribution in [0.1, 0.15) is 23.6 Å². The van der Waals surface area contributed by atoms with Crippen molar-refractivity contribution in [1.82, 2.24) is 5.43 Å². The first-order valence-electron chi connectivity index (χ1n) is 5.52. The highest BCUT2D eigenvalue weighted by Gasteiger charge is 2.26. The van der Waals surface area contributed by atoms with Gasteiger partial charge in [-0.2, -0.15) is 0 Å². The number of hydrogen-bond donors (Lipinski definition) is 2. The molecule has 0 amide bonds. The summed E-state index contributed by atoms with van der Waals surface area (Å²) in [6.07, 6.45) is 1.07. The molecule has 0 saturated carbocycles. The second-order valence-corrected chi connectivity index (χ2v) is 5.13. The van der Waals surface area contributed by atoms with Crippen molar-refractivity contribution in [3.8, 4) is 0 Å². The maximum atomic E-state index is 5.66. The molecule has 1 aliphatic heterocycles. The van der Waals surface area contributed by atoms with E-state index in [1.54, 1.807) is 0 Å². The van der Waals surface area contributed by atoms with E-state index in [-0.39, 0.29) is 6.04 Å². The normalized spacial score (nSPS) is 22.3. The van der Waals surface area contributed by atoms with Crippen molar-refractivity contribution in [2.24, 2.45) is 11.8 Å². The Balaban J connectivity index is 2.22. The molecule has 2 atom stereocenters. The van der Waals surface area contributed by atoms with Crippen LogP contribution in [0.2, 0.25) is 0 Å². The van der Waals surface area contributed by atoms with Gasteiger partial charge in [0.05, 0.1) is 12.6 Å². The molecule has 0 aromatic heterocycles. The van der Waals surface area contributed by atoms with Crippen LogP contribution in [0.25, 0.3) is 0 Å². The van der Waals surface area contributed by atoms with Gasteiger partial charge in [-0.15, -0.1) is 0 Å². The quantitative estimate of drug-likeness (QED) is 0.661. The second kappa shape index (κ2) is 5.27. The Bertz CT molecular complexity index is 364. The predicted octanol–water partition coefficient (Wildman–Crippen LogP) is 2.30. The fourth-order valence-electron chi connectivity index (χ4n) is 2.18. The summed E-state index contributed by atoms with van der Waals surface area (Å²) in [4.78, 5) is 0. The second-order valence-electron chi connectivity index (χ2n) is 4.28. The Hall–Kier alpha value is -0.420. The molecule has 2 rings (SSSR count). The zero-order chi connectivity index (χ0) is 11.5. The molecule has 2 unspecified atom stereocenters. The topological polar surface area (TPSA) is 47.3 Å². The van der Waals surface area contributed by atoms with Crippen molar-refractivity contribution in [3.63, 3.8) is 0 Å². The molecule has 0 bridgehead atoms. The smallest absolute Gasteiger partial charge is 0.0513 e. The minimum atomic E-state index is 0.189. The summed E-state index contributed by atoms with van der Waals surface area (Å²) in [7, 11) is 0. The van der Waals surface area contributed by atoms with Crippen molar-refractivity contribution >= 4 is 15.9 Å². The van der Waals surface area contributed by atoms with Crippen LogP contribution in [-0.2, 0) is 4.74 Å². The highest BCUT2D eigenvalue weighted by Crippen LogP contribution is 2.30. The number of ether oxygens (including phenoxy) is 1. The Morgan fingerprint density at radius 2 is 2.38 bits per heavy atom. The first-order valence-corrected chi connectivity index (χ1v) is 6.31. The van der Waals surface area contributed by atoms with E-state index in [0.29, 0.717) is 5.92 Å². The number of aryl methyl sites for hydroxylation is 1. The number of nitrogens with one attached hydrogen (secondary N) is 1. The summed E-state index contributed by atoms with van der Waals surface area (Å²) in [5.41, 5.74) is 5.38. The van der Waals surface area contributed by atoms with Gasteiger partial charge in [-0.05, 0) is 30.5 Å². The molecule has 1 aromatic carbocycles. The highest BCUT2D eigenvalue weighted by atomic mass is 79.9. The lowest BCUT2D eigenvalue weighted by Gasteiger charge is -2.22. The van der Waals surface area contributed by atoms with Crippen molar-refractivity contribution in [2.45, 2.75) is 19.4 Å². The van der Waals surface area contributed by atoms with Gasteiger partial charge < -0.3 is 4.74 Å². The van der Waals surface area contributed by atoms with E-state index in [4.69, 9.17) is 10.6 Å². The van der Waals surface area contributed by atoms with Crippen LogP contribution in [0.15, 0.2) is 22.7 Å². The van der Waals surface area contributed by atoms with Gasteiger partial charge in [0.1, 0.15) is 0 Å². The minimum Gasteiger partial charge on any atom is -0.381 e. The van der Waals surface area contributed by atoms with Crippen molar-refractivity contribution in [3.05, 3.63) is 33.8 Å². The largest absolute Gasteiger partial charge is 0.381 e. The zero-order valence-electron chi connectivity index (χ0n) is 9.37. The summed E-state index contributed by atoms with van der Waals surface area (Å²) in [5.74, 6) is 6.13. The van der Waals surface area contributed by atoms with E-state index in [1.165, 1.54) is 11.1 Å². The predicted molar refractivity (Wildman–Crippen MR) is 67.9 cm³/mol. The molecule has 0 radical (unpaired) electrons. The van der Waals surface area contributed by atoms with E-state index < -0.39 is 0 Å². The summed E-state index contributed by atoms with van der Waals surface area (Å²) in [6, 6.07) is 6.55. The SMILES string of the molecule is Cc1cc(C(NN)C2CCOC2)ccc1Br. The highest BCUT2D eigenvalue weighted by molar-refractivity contribution is 9.10. The molecule has 0 spiro atoms. The Morgan fingerprint density at radius 3 is 2.94 bits per heavy atom. The molecule has 1 heterocycles. The number of rotatable bonds is 3. The first-order chi connectivity index (χ1) is 7.72. The molecule has 4 heteroatoms. The van der Waals surface area contributed by atoms with Crippen LogP contribution in [0.3, 0.4) is 0 Å². The molecule has 1 aromatic rings. The number of halogens is 1. The fourth-order valence-corrected chi connectivity index (χ4v) is 2.43. The third-order valence-electron chi connectivity index (χ3n) is 3.16. The third kappa shape index (κ3) is 2.46. The summed E-state index contributed by atoms with van der Waals surface area (Å²) >= 11 is 3.51. The first kappa shape index (κ1) is 12.0. The molecule has 3 nitrogen and oxygen atoms in total. The number of hydrogen-bond acceptors (Lipinski definition) is 3. The number of nitrogens with two attached hydrogens (primary N) is 1. The van der Waals surface area contributed by atoms with Gasteiger partial charge in [-0.3, -0.25) is 11.3 Å². The summed E-state index contributed by atoms with van der Waals surface area (Å²) in [5, 5.41) is 0. The molecule has 1 aliphatic rings. The van der Waals surface area contributed by atoms with Crippen molar-refractivity contribution in [2.75, 3.05) is 13.2 Å². The molecule has 1 saturated heterocycles. The summed E-state index contributed by atoms with van der Waals surface area (Å²) < 4.78 is 6.54. The van der Waals surface area contributed by atoms with Crippen molar-refractivity contribution < 1.29 is 4.74 Å². The fraction of sp³-hybridized carbons (Fsp3) is 0.500. The van der Waals surface area contributed by atoms with Crippen LogP contribution in [0.4, 0.5) is 0 Å². The molecule has 0 aliphatic carbocycles.